The molecule has 196 valence electrons. The number of halogens is 1. The van der Waals surface area contributed by atoms with Crippen LogP contribution in [-0.2, 0) is 16.2 Å². The quantitative estimate of drug-likeness (QED) is 0.215. The van der Waals surface area contributed by atoms with Crippen LogP contribution in [0.5, 0.6) is 17.2 Å². The number of thioether (sulfide) groups is 1. The van der Waals surface area contributed by atoms with E-state index in [4.69, 9.17) is 14.2 Å². The van der Waals surface area contributed by atoms with Crippen LogP contribution < -0.4 is 19.5 Å². The highest BCUT2D eigenvalue weighted by Gasteiger charge is 2.36. The zero-order valence-electron chi connectivity index (χ0n) is 20.7. The Morgan fingerprint density at radius 3 is 2.42 bits per heavy atom. The van der Waals surface area contributed by atoms with Crippen LogP contribution in [0, 0.1) is 3.57 Å². The number of methoxy groups -OCH3 is 1. The highest BCUT2D eigenvalue weighted by molar-refractivity contribution is 14.1. The molecule has 8 nitrogen and oxygen atoms in total. The van der Waals surface area contributed by atoms with Gasteiger partial charge in [-0.05, 0) is 107 Å². The molecule has 0 unspecified atom stereocenters. The molecule has 0 radical (unpaired) electrons. The van der Waals surface area contributed by atoms with Gasteiger partial charge < -0.3 is 19.5 Å². The third-order valence-corrected chi connectivity index (χ3v) is 7.05. The van der Waals surface area contributed by atoms with E-state index in [1.165, 1.54) is 0 Å². The number of ether oxygens (including phenoxy) is 3. The number of nitrogens with one attached hydrogen (secondary N) is 1. The maximum absolute atomic E-state index is 12.9. The zero-order valence-corrected chi connectivity index (χ0v) is 23.7. The first-order chi connectivity index (χ1) is 18.4. The summed E-state index contributed by atoms with van der Waals surface area (Å²) in [5.41, 5.74) is 2.23. The number of hydrogen-bond donors (Lipinski definition) is 1. The predicted molar refractivity (Wildman–Crippen MR) is 155 cm³/mol. The molecule has 0 bridgehead atoms. The Labute approximate surface area is 238 Å². The lowest BCUT2D eigenvalue weighted by Crippen LogP contribution is -2.36. The van der Waals surface area contributed by atoms with Gasteiger partial charge in [0.1, 0.15) is 18.9 Å². The fraction of sp³-hybridized carbons (Fsp3) is 0.179. The summed E-state index contributed by atoms with van der Waals surface area (Å²) < 4.78 is 18.0. The van der Waals surface area contributed by atoms with Gasteiger partial charge in [-0.25, -0.2) is 0 Å². The number of carbonyl (C=O) groups excluding carboxylic acids is 3. The number of amides is 3. The monoisotopic (exact) mass is 644 g/mol. The molecule has 1 aliphatic heterocycles. The Balaban J connectivity index is 1.42. The van der Waals surface area contributed by atoms with E-state index in [0.717, 1.165) is 25.8 Å². The van der Waals surface area contributed by atoms with E-state index in [2.05, 4.69) is 27.9 Å². The van der Waals surface area contributed by atoms with Gasteiger partial charge in [-0.1, -0.05) is 18.2 Å². The van der Waals surface area contributed by atoms with Crippen molar-refractivity contribution in [3.63, 3.8) is 0 Å². The SMILES string of the molecule is CCOc1cc(/C=C2/SC(=O)N(CC(=O)Nc3ccc(OC)cc3)C2=O)ccc1OCc1ccc(I)cc1. The smallest absolute Gasteiger partial charge is 0.294 e. The van der Waals surface area contributed by atoms with Crippen molar-refractivity contribution in [1.29, 1.82) is 0 Å². The summed E-state index contributed by atoms with van der Waals surface area (Å²) in [5.74, 6) is 0.752. The minimum Gasteiger partial charge on any atom is -0.497 e. The van der Waals surface area contributed by atoms with E-state index >= 15 is 0 Å². The highest BCUT2D eigenvalue weighted by Crippen LogP contribution is 2.35. The lowest BCUT2D eigenvalue weighted by molar-refractivity contribution is -0.127. The molecule has 1 heterocycles. The fourth-order valence-electron chi connectivity index (χ4n) is 3.55. The molecule has 1 saturated heterocycles. The van der Waals surface area contributed by atoms with Gasteiger partial charge in [0.2, 0.25) is 5.91 Å². The van der Waals surface area contributed by atoms with E-state index in [1.54, 1.807) is 55.7 Å². The Kier molecular flexibility index (Phi) is 9.29. The summed E-state index contributed by atoms with van der Waals surface area (Å²) in [6, 6.07) is 20.1. The molecule has 0 atom stereocenters. The second-order valence-corrected chi connectivity index (χ2v) is 10.3. The largest absolute Gasteiger partial charge is 0.497 e. The van der Waals surface area contributed by atoms with E-state index in [9.17, 15) is 14.4 Å². The Morgan fingerprint density at radius 1 is 1.00 bits per heavy atom. The number of rotatable bonds is 10. The molecule has 3 aromatic rings. The van der Waals surface area contributed by atoms with Crippen LogP contribution in [0.25, 0.3) is 6.08 Å². The number of carbonyl (C=O) groups is 3. The molecular weight excluding hydrogens is 619 g/mol. The summed E-state index contributed by atoms with van der Waals surface area (Å²) in [7, 11) is 1.55. The van der Waals surface area contributed by atoms with Crippen LogP contribution in [0.2, 0.25) is 0 Å². The van der Waals surface area contributed by atoms with Crippen LogP contribution in [0.15, 0.2) is 71.6 Å². The first-order valence-electron chi connectivity index (χ1n) is 11.7. The minimum absolute atomic E-state index is 0.224. The van der Waals surface area contributed by atoms with Crippen LogP contribution in [0.3, 0.4) is 0 Å². The standard InChI is InChI=1S/C28H25IN2O6S/c1-3-36-24-14-19(6-13-23(24)37-17-18-4-7-20(29)8-5-18)15-25-27(33)31(28(34)38-25)16-26(32)30-21-9-11-22(35-2)12-10-21/h4-15H,3,16-17H2,1-2H3,(H,30,32)/b25-15+. The molecule has 1 fully saturated rings. The van der Waals surface area contributed by atoms with Crippen LogP contribution >= 0.6 is 34.4 Å². The van der Waals surface area contributed by atoms with Crippen molar-refractivity contribution >= 4 is 63.2 Å². The van der Waals surface area contributed by atoms with E-state index in [-0.39, 0.29) is 11.4 Å². The van der Waals surface area contributed by atoms with Crippen molar-refractivity contribution in [2.45, 2.75) is 13.5 Å². The van der Waals surface area contributed by atoms with E-state index in [0.29, 0.717) is 41.7 Å². The third kappa shape index (κ3) is 7.07. The molecule has 3 aromatic carbocycles. The average molecular weight is 644 g/mol. The van der Waals surface area contributed by atoms with Crippen LogP contribution in [0.4, 0.5) is 10.5 Å². The van der Waals surface area contributed by atoms with Gasteiger partial charge in [0.05, 0.1) is 18.6 Å². The number of anilines is 1. The normalized spacial score (nSPS) is 14.1. The van der Waals surface area contributed by atoms with Gasteiger partial charge >= 0.3 is 0 Å². The van der Waals surface area contributed by atoms with Gasteiger partial charge in [-0.2, -0.15) is 0 Å². The summed E-state index contributed by atoms with van der Waals surface area (Å²) in [6.07, 6.45) is 1.61. The predicted octanol–water partition coefficient (Wildman–Crippen LogP) is 5.95. The van der Waals surface area contributed by atoms with E-state index < -0.39 is 17.1 Å². The first-order valence-corrected chi connectivity index (χ1v) is 13.6. The number of nitrogens with zero attached hydrogens (tertiary/aromatic N) is 1. The molecule has 1 aliphatic rings. The van der Waals surface area contributed by atoms with Crippen molar-refractivity contribution in [3.8, 4) is 17.2 Å². The molecule has 10 heteroatoms. The fourth-order valence-corrected chi connectivity index (χ4v) is 4.75. The Morgan fingerprint density at radius 2 is 1.74 bits per heavy atom. The van der Waals surface area contributed by atoms with Crippen molar-refractivity contribution in [2.75, 3.05) is 25.6 Å². The number of benzene rings is 3. The average Bonchev–Trinajstić information content (AvgIpc) is 3.17. The second kappa shape index (κ2) is 12.8. The summed E-state index contributed by atoms with van der Waals surface area (Å²) in [6.45, 7) is 2.30. The molecule has 0 aliphatic carbocycles. The maximum atomic E-state index is 12.9. The van der Waals surface area contributed by atoms with Crippen molar-refractivity contribution in [1.82, 2.24) is 4.90 Å². The van der Waals surface area contributed by atoms with Gasteiger partial charge in [-0.3, -0.25) is 19.3 Å². The molecule has 0 spiro atoms. The maximum Gasteiger partial charge on any atom is 0.294 e. The Hall–Kier alpha value is -3.51. The molecule has 0 saturated carbocycles. The van der Waals surface area contributed by atoms with Gasteiger partial charge in [0.15, 0.2) is 11.5 Å². The summed E-state index contributed by atoms with van der Waals surface area (Å²) in [5, 5.41) is 2.17. The third-order valence-electron chi connectivity index (χ3n) is 5.42. The number of hydrogen-bond acceptors (Lipinski definition) is 7. The number of imide groups is 1. The van der Waals surface area contributed by atoms with Crippen LogP contribution in [-0.4, -0.2) is 42.2 Å². The Bertz CT molecular complexity index is 1360. The second-order valence-electron chi connectivity index (χ2n) is 8.10. The van der Waals surface area contributed by atoms with Crippen molar-refractivity contribution in [2.24, 2.45) is 0 Å². The van der Waals surface area contributed by atoms with Gasteiger partial charge in [0, 0.05) is 9.26 Å². The lowest BCUT2D eigenvalue weighted by Gasteiger charge is -2.13. The van der Waals surface area contributed by atoms with Gasteiger partial charge in [-0.15, -0.1) is 0 Å². The summed E-state index contributed by atoms with van der Waals surface area (Å²) >= 11 is 3.04. The zero-order chi connectivity index (χ0) is 27.1. The summed E-state index contributed by atoms with van der Waals surface area (Å²) in [4.78, 5) is 39.0. The first kappa shape index (κ1) is 27.5. The molecule has 3 amide bonds. The molecule has 0 aromatic heterocycles. The van der Waals surface area contributed by atoms with Crippen molar-refractivity contribution in [3.05, 3.63) is 86.3 Å². The molecule has 38 heavy (non-hydrogen) atoms. The van der Waals surface area contributed by atoms with Crippen LogP contribution in [0.1, 0.15) is 18.1 Å². The van der Waals surface area contributed by atoms with Crippen molar-refractivity contribution < 1.29 is 28.6 Å². The van der Waals surface area contributed by atoms with E-state index in [1.807, 2.05) is 31.2 Å². The lowest BCUT2D eigenvalue weighted by atomic mass is 10.1. The topological polar surface area (TPSA) is 94.2 Å². The molecular formula is C28H25IN2O6S. The molecule has 4 rings (SSSR count). The highest BCUT2D eigenvalue weighted by atomic mass is 127. The molecule has 1 N–H and O–H groups in total. The minimum atomic E-state index is -0.526. The van der Waals surface area contributed by atoms with Gasteiger partial charge in [0.25, 0.3) is 11.1 Å².